The summed E-state index contributed by atoms with van der Waals surface area (Å²) in [6, 6.07) is 12.6. The largest absolute Gasteiger partial charge is 0.350 e. The summed E-state index contributed by atoms with van der Waals surface area (Å²) in [6.45, 7) is 7.11. The highest BCUT2D eigenvalue weighted by Crippen LogP contribution is 2.22. The van der Waals surface area contributed by atoms with Crippen molar-refractivity contribution in [2.45, 2.75) is 32.9 Å². The molecule has 1 aromatic heterocycles. The van der Waals surface area contributed by atoms with Gasteiger partial charge >= 0.3 is 0 Å². The summed E-state index contributed by atoms with van der Waals surface area (Å²) in [6.07, 6.45) is 4.37. The molecule has 0 aliphatic carbocycles. The van der Waals surface area contributed by atoms with E-state index >= 15 is 0 Å². The molecule has 4 heteroatoms. The van der Waals surface area contributed by atoms with Gasteiger partial charge in [-0.05, 0) is 35.6 Å². The van der Waals surface area contributed by atoms with Gasteiger partial charge in [-0.2, -0.15) is 0 Å². The normalized spacial score (nSPS) is 15.8. The molecule has 1 N–H and O–H groups in total. The summed E-state index contributed by atoms with van der Waals surface area (Å²) in [5, 5.41) is 3.08. The van der Waals surface area contributed by atoms with E-state index in [0.29, 0.717) is 24.1 Å². The molecule has 1 aromatic carbocycles. The van der Waals surface area contributed by atoms with E-state index in [-0.39, 0.29) is 5.91 Å². The Balaban J connectivity index is 1.64. The maximum atomic E-state index is 12.3. The molecule has 1 unspecified atom stereocenters. The van der Waals surface area contributed by atoms with E-state index in [4.69, 9.17) is 0 Å². The lowest BCUT2D eigenvalue weighted by Crippen LogP contribution is -2.48. The molecule has 0 saturated carbocycles. The number of nitrogens with zero attached hydrogens (tertiary/aromatic N) is 2. The van der Waals surface area contributed by atoms with Crippen molar-refractivity contribution in [1.82, 2.24) is 15.2 Å². The van der Waals surface area contributed by atoms with Gasteiger partial charge in [-0.1, -0.05) is 38.1 Å². The average Bonchev–Trinajstić information content (AvgIpc) is 2.62. The number of fused-ring (bicyclic) bond motifs is 1. The Morgan fingerprint density at radius 3 is 2.71 bits per heavy atom. The number of carbonyl (C=O) groups is 1. The zero-order valence-corrected chi connectivity index (χ0v) is 14.4. The highest BCUT2D eigenvalue weighted by Gasteiger charge is 2.26. The van der Waals surface area contributed by atoms with Crippen molar-refractivity contribution in [2.24, 2.45) is 5.92 Å². The second-order valence-corrected chi connectivity index (χ2v) is 6.75. The first kappa shape index (κ1) is 16.7. The number of amides is 1. The molecule has 0 radical (unpaired) electrons. The molecule has 1 aliphatic rings. The fraction of sp³-hybridized carbons (Fsp3) is 0.400. The van der Waals surface area contributed by atoms with E-state index in [9.17, 15) is 4.79 Å². The molecule has 1 atom stereocenters. The summed E-state index contributed by atoms with van der Waals surface area (Å²) in [5.74, 6) is 0.427. The Hall–Kier alpha value is -2.20. The van der Waals surface area contributed by atoms with Crippen LogP contribution in [0.25, 0.3) is 0 Å². The minimum absolute atomic E-state index is 0.0499. The summed E-state index contributed by atoms with van der Waals surface area (Å²) < 4.78 is 0. The third-order valence-corrected chi connectivity index (χ3v) is 4.79. The van der Waals surface area contributed by atoms with Crippen LogP contribution in [0.2, 0.25) is 0 Å². The summed E-state index contributed by atoms with van der Waals surface area (Å²) in [5.41, 5.74) is 3.48. The van der Waals surface area contributed by atoms with Gasteiger partial charge in [-0.25, -0.2) is 0 Å². The van der Waals surface area contributed by atoms with Crippen molar-refractivity contribution in [3.63, 3.8) is 0 Å². The lowest BCUT2D eigenvalue weighted by Gasteiger charge is -2.38. The number of aromatic nitrogens is 1. The number of hydrogen-bond donors (Lipinski definition) is 1. The number of carbonyl (C=O) groups excluding carboxylic acids is 1. The molecule has 126 valence electrons. The number of pyridine rings is 1. The Morgan fingerprint density at radius 1 is 1.21 bits per heavy atom. The molecular weight excluding hydrogens is 298 g/mol. The third-order valence-electron chi connectivity index (χ3n) is 4.79. The van der Waals surface area contributed by atoms with Gasteiger partial charge in [0.25, 0.3) is 5.91 Å². The topological polar surface area (TPSA) is 45.2 Å². The molecule has 1 aliphatic heterocycles. The van der Waals surface area contributed by atoms with E-state index in [1.54, 1.807) is 24.5 Å². The third kappa shape index (κ3) is 3.82. The Kier molecular flexibility index (Phi) is 5.26. The molecule has 24 heavy (non-hydrogen) atoms. The fourth-order valence-electron chi connectivity index (χ4n) is 3.38. The standard InChI is InChI=1S/C20H25N3O/c1-15(2)19(13-22-20(24)17-8-5-10-21-12-17)23-11-9-16-6-3-4-7-18(16)14-23/h3-8,10,12,15,19H,9,11,13-14H2,1-2H3,(H,22,24). The molecule has 3 rings (SSSR count). The first-order valence-corrected chi connectivity index (χ1v) is 8.64. The van der Waals surface area contributed by atoms with E-state index in [1.807, 2.05) is 0 Å². The van der Waals surface area contributed by atoms with Crippen LogP contribution >= 0.6 is 0 Å². The number of hydrogen-bond acceptors (Lipinski definition) is 3. The van der Waals surface area contributed by atoms with Gasteiger partial charge < -0.3 is 5.32 Å². The van der Waals surface area contributed by atoms with Gasteiger partial charge in [0.2, 0.25) is 0 Å². The zero-order valence-electron chi connectivity index (χ0n) is 14.4. The number of benzene rings is 1. The van der Waals surface area contributed by atoms with E-state index in [1.165, 1.54) is 11.1 Å². The van der Waals surface area contributed by atoms with E-state index < -0.39 is 0 Å². The first-order chi connectivity index (χ1) is 11.6. The molecule has 0 saturated heterocycles. The highest BCUT2D eigenvalue weighted by molar-refractivity contribution is 5.93. The summed E-state index contributed by atoms with van der Waals surface area (Å²) in [4.78, 5) is 18.8. The maximum Gasteiger partial charge on any atom is 0.252 e. The average molecular weight is 323 g/mol. The van der Waals surface area contributed by atoms with Crippen molar-refractivity contribution in [3.8, 4) is 0 Å². The Morgan fingerprint density at radius 2 is 2.00 bits per heavy atom. The Labute approximate surface area is 143 Å². The SMILES string of the molecule is CC(C)C(CNC(=O)c1cccnc1)N1CCc2ccccc2C1. The van der Waals surface area contributed by atoms with Crippen molar-refractivity contribution in [3.05, 3.63) is 65.5 Å². The molecule has 4 nitrogen and oxygen atoms in total. The quantitative estimate of drug-likeness (QED) is 0.920. The van der Waals surface area contributed by atoms with Crippen LogP contribution in [0.15, 0.2) is 48.8 Å². The molecule has 1 amide bonds. The van der Waals surface area contributed by atoms with Crippen LogP contribution in [-0.4, -0.2) is 34.9 Å². The Bertz CT molecular complexity index is 684. The fourth-order valence-corrected chi connectivity index (χ4v) is 3.38. The van der Waals surface area contributed by atoms with Gasteiger partial charge in [0, 0.05) is 38.1 Å². The van der Waals surface area contributed by atoms with Crippen molar-refractivity contribution >= 4 is 5.91 Å². The van der Waals surface area contributed by atoms with Crippen LogP contribution in [0.4, 0.5) is 0 Å². The van der Waals surface area contributed by atoms with Crippen molar-refractivity contribution in [1.29, 1.82) is 0 Å². The minimum Gasteiger partial charge on any atom is -0.350 e. The molecule has 0 fully saturated rings. The van der Waals surface area contributed by atoms with Crippen molar-refractivity contribution < 1.29 is 4.79 Å². The second-order valence-electron chi connectivity index (χ2n) is 6.75. The highest BCUT2D eigenvalue weighted by atomic mass is 16.1. The lowest BCUT2D eigenvalue weighted by atomic mass is 9.95. The maximum absolute atomic E-state index is 12.3. The van der Waals surface area contributed by atoms with E-state index in [2.05, 4.69) is 53.3 Å². The van der Waals surface area contributed by atoms with Gasteiger partial charge in [-0.3, -0.25) is 14.7 Å². The van der Waals surface area contributed by atoms with Gasteiger partial charge in [-0.15, -0.1) is 0 Å². The second kappa shape index (κ2) is 7.58. The van der Waals surface area contributed by atoms with Crippen LogP contribution < -0.4 is 5.32 Å². The number of rotatable bonds is 5. The first-order valence-electron chi connectivity index (χ1n) is 8.64. The zero-order chi connectivity index (χ0) is 16.9. The lowest BCUT2D eigenvalue weighted by molar-refractivity contribution is 0.0904. The van der Waals surface area contributed by atoms with Gasteiger partial charge in [0.1, 0.15) is 0 Å². The monoisotopic (exact) mass is 323 g/mol. The van der Waals surface area contributed by atoms with Crippen molar-refractivity contribution in [2.75, 3.05) is 13.1 Å². The smallest absolute Gasteiger partial charge is 0.252 e. The van der Waals surface area contributed by atoms with Crippen LogP contribution in [-0.2, 0) is 13.0 Å². The number of nitrogens with one attached hydrogen (secondary N) is 1. The van der Waals surface area contributed by atoms with Crippen LogP contribution in [0.5, 0.6) is 0 Å². The predicted molar refractivity (Wildman–Crippen MR) is 95.8 cm³/mol. The van der Waals surface area contributed by atoms with Crippen LogP contribution in [0.3, 0.4) is 0 Å². The van der Waals surface area contributed by atoms with Gasteiger partial charge in [0.05, 0.1) is 5.56 Å². The minimum atomic E-state index is -0.0499. The molecule has 2 aromatic rings. The molecular formula is C20H25N3O. The molecule has 0 spiro atoms. The molecule has 0 bridgehead atoms. The van der Waals surface area contributed by atoms with Crippen LogP contribution in [0, 0.1) is 5.92 Å². The molecule has 2 heterocycles. The van der Waals surface area contributed by atoms with E-state index in [0.717, 1.165) is 19.5 Å². The summed E-state index contributed by atoms with van der Waals surface area (Å²) in [7, 11) is 0. The van der Waals surface area contributed by atoms with Gasteiger partial charge in [0.15, 0.2) is 0 Å². The van der Waals surface area contributed by atoms with Crippen LogP contribution in [0.1, 0.15) is 35.3 Å². The summed E-state index contributed by atoms with van der Waals surface area (Å²) >= 11 is 0. The predicted octanol–water partition coefficient (Wildman–Crippen LogP) is 2.89.